The number of nitrogens with zero attached hydrogens (tertiary/aromatic N) is 1. The van der Waals surface area contributed by atoms with Crippen molar-refractivity contribution in [2.45, 2.75) is 12.8 Å². The van der Waals surface area contributed by atoms with Gasteiger partial charge in [-0.3, -0.25) is 4.79 Å². The maximum Gasteiger partial charge on any atom is 0.297 e. The molecule has 2 N–H and O–H groups in total. The van der Waals surface area contributed by atoms with E-state index < -0.39 is 5.69 Å². The number of hydrogen-bond donors (Lipinski definition) is 2. The first-order chi connectivity index (χ1) is 6.31. The Kier molecular flexibility index (Phi) is 4.02. The fourth-order valence-corrected chi connectivity index (χ4v) is 2.61. The van der Waals surface area contributed by atoms with E-state index in [1.54, 1.807) is 6.92 Å². The highest BCUT2D eigenvalue weighted by Crippen LogP contribution is 2.51. The molecule has 5 nitrogen and oxygen atoms in total. The monoisotopic (exact) mass is 319 g/mol. The normalized spacial score (nSPS) is 12.0. The average molecular weight is 320 g/mol. The van der Waals surface area contributed by atoms with Gasteiger partial charge in [0, 0.05) is 0 Å². The van der Waals surface area contributed by atoms with Crippen LogP contribution in [0.25, 0.3) is 0 Å². The molecule has 0 bridgehead atoms. The van der Waals surface area contributed by atoms with Crippen LogP contribution in [0.4, 0.5) is 0 Å². The third-order valence-electron chi connectivity index (χ3n) is 1.31. The lowest BCUT2D eigenvalue weighted by molar-refractivity contribution is 0.279. The summed E-state index contributed by atoms with van der Waals surface area (Å²) in [6, 6.07) is 0. The second kappa shape index (κ2) is 4.51. The second-order valence-corrected chi connectivity index (χ2v) is 9.21. The molecule has 0 aliphatic heterocycles. The molecule has 0 spiro atoms. The van der Waals surface area contributed by atoms with Crippen molar-refractivity contribution in [1.82, 2.24) is 4.74 Å². The Morgan fingerprint density at radius 2 is 2.29 bits per heavy atom. The third kappa shape index (κ3) is 3.22. The molecular weight excluding hydrogens is 313 g/mol. The first-order valence-electron chi connectivity index (χ1n) is 3.37. The minimum Gasteiger partial charge on any atom is -0.379 e. The van der Waals surface area contributed by atoms with Crippen LogP contribution in [0.15, 0.2) is 13.8 Å². The highest BCUT2D eigenvalue weighted by molar-refractivity contribution is 9.10. The van der Waals surface area contributed by atoms with Crippen LogP contribution in [0, 0.1) is 6.92 Å². The van der Waals surface area contributed by atoms with Gasteiger partial charge in [0.05, 0.1) is 0 Å². The number of halogens is 1. The van der Waals surface area contributed by atoms with Gasteiger partial charge >= 0.3 is 0 Å². The zero-order valence-electron chi connectivity index (χ0n) is 7.01. The molecule has 0 saturated heterocycles. The smallest absolute Gasteiger partial charge is 0.297 e. The summed E-state index contributed by atoms with van der Waals surface area (Å²) in [6.45, 7) is 1.63. The Balaban J connectivity index is 2.84. The van der Waals surface area contributed by atoms with Crippen molar-refractivity contribution in [3.05, 3.63) is 20.6 Å². The lowest BCUT2D eigenvalue weighted by Gasteiger charge is -2.04. The molecule has 0 atom stereocenters. The lowest BCUT2D eigenvalue weighted by atomic mass is 10.5. The highest BCUT2D eigenvalue weighted by Gasteiger charge is 2.14. The molecule has 0 amide bonds. The Morgan fingerprint density at radius 1 is 1.71 bits per heavy atom. The van der Waals surface area contributed by atoms with Crippen LogP contribution in [-0.4, -0.2) is 14.5 Å². The Hall–Kier alpha value is 0.410. The van der Waals surface area contributed by atoms with Gasteiger partial charge in [-0.2, -0.15) is 4.74 Å². The third-order valence-corrected chi connectivity index (χ3v) is 5.20. The van der Waals surface area contributed by atoms with Gasteiger partial charge in [-0.05, 0) is 46.0 Å². The molecular formula is C5H7BrNO4PS2. The van der Waals surface area contributed by atoms with Gasteiger partial charge in [-0.25, -0.2) is 0 Å². The van der Waals surface area contributed by atoms with E-state index in [1.807, 2.05) is 0 Å². The zero-order valence-corrected chi connectivity index (χ0v) is 11.1. The predicted molar refractivity (Wildman–Crippen MR) is 61.7 cm³/mol. The van der Waals surface area contributed by atoms with Crippen LogP contribution < -0.4 is 5.56 Å². The zero-order chi connectivity index (χ0) is 10.9. The molecule has 0 aliphatic rings. The quantitative estimate of drug-likeness (QED) is 0.820. The summed E-state index contributed by atoms with van der Waals surface area (Å²) < 4.78 is 6.37. The molecule has 1 heterocycles. The minimum absolute atomic E-state index is 0.00441. The molecule has 80 valence electrons. The van der Waals surface area contributed by atoms with Crippen molar-refractivity contribution >= 4 is 44.8 Å². The first-order valence-corrected chi connectivity index (χ1v) is 8.46. The van der Waals surface area contributed by atoms with Crippen molar-refractivity contribution in [3.8, 4) is 0 Å². The van der Waals surface area contributed by atoms with E-state index in [1.165, 1.54) is 0 Å². The van der Waals surface area contributed by atoms with Crippen molar-refractivity contribution in [2.24, 2.45) is 0 Å². The SMILES string of the molecule is Cc1on(CSP(O)(O)=S)c(=O)c1Br. The molecule has 0 saturated carbocycles. The molecule has 1 rings (SSSR count). The van der Waals surface area contributed by atoms with Crippen LogP contribution in [0.3, 0.4) is 0 Å². The highest BCUT2D eigenvalue weighted by atomic mass is 79.9. The summed E-state index contributed by atoms with van der Waals surface area (Å²) >= 11 is 8.13. The Morgan fingerprint density at radius 3 is 2.64 bits per heavy atom. The molecule has 0 aliphatic carbocycles. The number of hydrogen-bond acceptors (Lipinski definition) is 4. The van der Waals surface area contributed by atoms with E-state index in [0.717, 1.165) is 4.74 Å². The summed E-state index contributed by atoms with van der Waals surface area (Å²) in [5.41, 5.74) is -3.69. The number of aromatic nitrogens is 1. The van der Waals surface area contributed by atoms with Crippen LogP contribution >= 0.6 is 33.0 Å². The molecule has 9 heteroatoms. The maximum absolute atomic E-state index is 11.3. The molecule has 1 aromatic heterocycles. The van der Waals surface area contributed by atoms with E-state index in [-0.39, 0.29) is 11.4 Å². The first kappa shape index (κ1) is 12.5. The van der Waals surface area contributed by atoms with E-state index in [0.29, 0.717) is 21.6 Å². The van der Waals surface area contributed by atoms with Crippen LogP contribution in [0.2, 0.25) is 0 Å². The van der Waals surface area contributed by atoms with Crippen molar-refractivity contribution < 1.29 is 14.3 Å². The van der Waals surface area contributed by atoms with Gasteiger partial charge in [0.1, 0.15) is 16.1 Å². The van der Waals surface area contributed by atoms with Gasteiger partial charge in [-0.15, -0.1) is 0 Å². The van der Waals surface area contributed by atoms with Gasteiger partial charge in [0.15, 0.2) is 0 Å². The van der Waals surface area contributed by atoms with Crippen molar-refractivity contribution in [2.75, 3.05) is 0 Å². The van der Waals surface area contributed by atoms with Crippen LogP contribution in [0.1, 0.15) is 5.76 Å². The lowest BCUT2D eigenvalue weighted by Crippen LogP contribution is -2.12. The predicted octanol–water partition coefficient (Wildman–Crippen LogP) is 1.41. The van der Waals surface area contributed by atoms with Crippen molar-refractivity contribution in [3.63, 3.8) is 0 Å². The van der Waals surface area contributed by atoms with E-state index >= 15 is 0 Å². The largest absolute Gasteiger partial charge is 0.379 e. The van der Waals surface area contributed by atoms with Gasteiger partial charge in [0.2, 0.25) is 5.69 Å². The topological polar surface area (TPSA) is 75.6 Å². The fraction of sp³-hybridized carbons (Fsp3) is 0.400. The molecule has 0 aromatic carbocycles. The average Bonchev–Trinajstić information content (AvgIpc) is 2.28. The van der Waals surface area contributed by atoms with Gasteiger partial charge < -0.3 is 14.3 Å². The molecule has 1 aromatic rings. The molecule has 0 radical (unpaired) electrons. The fourth-order valence-electron chi connectivity index (χ4n) is 0.720. The number of rotatable bonds is 3. The van der Waals surface area contributed by atoms with Gasteiger partial charge in [0.25, 0.3) is 5.56 Å². The summed E-state index contributed by atoms with van der Waals surface area (Å²) in [4.78, 5) is 29.2. The summed E-state index contributed by atoms with van der Waals surface area (Å²) in [5.74, 6) is 0.440. The van der Waals surface area contributed by atoms with E-state index in [9.17, 15) is 4.79 Å². The van der Waals surface area contributed by atoms with Crippen LogP contribution in [-0.2, 0) is 17.7 Å². The molecule has 0 unspecified atom stereocenters. The van der Waals surface area contributed by atoms with Crippen LogP contribution in [0.5, 0.6) is 0 Å². The Labute approximate surface area is 97.1 Å². The number of aryl methyl sites for hydroxylation is 1. The summed E-state index contributed by atoms with van der Waals surface area (Å²) in [6.07, 6.45) is 0. The minimum atomic E-state index is -3.34. The maximum atomic E-state index is 11.3. The van der Waals surface area contributed by atoms with E-state index in [2.05, 4.69) is 27.7 Å². The van der Waals surface area contributed by atoms with Gasteiger partial charge in [-0.1, -0.05) is 0 Å². The standard InChI is InChI=1S/C5H7BrNO4PS2/c1-3-4(6)5(8)7(11-3)2-14-12(9,10)13/h2H2,1H3,(H2,9,10,13). The second-order valence-electron chi connectivity index (χ2n) is 2.39. The van der Waals surface area contributed by atoms with Crippen molar-refractivity contribution in [1.29, 1.82) is 0 Å². The molecule has 0 fully saturated rings. The van der Waals surface area contributed by atoms with E-state index in [4.69, 9.17) is 14.3 Å². The Bertz CT molecular complexity index is 435. The molecule has 14 heavy (non-hydrogen) atoms. The summed E-state index contributed by atoms with van der Waals surface area (Å²) in [7, 11) is 0. The summed E-state index contributed by atoms with van der Waals surface area (Å²) in [5, 5.41) is 0.